The first-order valence-corrected chi connectivity index (χ1v) is 8.17. The molecule has 2 aromatic rings. The first-order valence-electron chi connectivity index (χ1n) is 7.06. The molecule has 3 rings (SSSR count). The van der Waals surface area contributed by atoms with Gasteiger partial charge in [0.2, 0.25) is 5.91 Å². The summed E-state index contributed by atoms with van der Waals surface area (Å²) in [5, 5.41) is 3.87. The van der Waals surface area contributed by atoms with Crippen molar-refractivity contribution < 1.29 is 4.79 Å². The van der Waals surface area contributed by atoms with Crippen LogP contribution in [0.3, 0.4) is 0 Å². The first kappa shape index (κ1) is 14.7. The van der Waals surface area contributed by atoms with Crippen molar-refractivity contribution in [2.45, 2.75) is 38.8 Å². The van der Waals surface area contributed by atoms with Gasteiger partial charge in [-0.15, -0.1) is 0 Å². The van der Waals surface area contributed by atoms with Crippen LogP contribution in [-0.2, 0) is 4.79 Å². The predicted octanol–water partition coefficient (Wildman–Crippen LogP) is 2.84. The minimum Gasteiger partial charge on any atom is -0.308 e. The van der Waals surface area contributed by atoms with Crippen molar-refractivity contribution in [1.29, 1.82) is 0 Å². The third-order valence-corrected chi connectivity index (χ3v) is 4.44. The molecular weight excluding hydrogens is 308 g/mol. The summed E-state index contributed by atoms with van der Waals surface area (Å²) in [6, 6.07) is 3.74. The molecule has 112 valence electrons. The van der Waals surface area contributed by atoms with E-state index in [1.54, 1.807) is 11.0 Å². The van der Waals surface area contributed by atoms with E-state index in [-0.39, 0.29) is 18.0 Å². The number of benzene rings is 1. The van der Waals surface area contributed by atoms with Gasteiger partial charge in [-0.05, 0) is 25.0 Å². The Bertz CT molecular complexity index is 672. The number of fused-ring (bicyclic) bond motifs is 1. The number of hydrogen-bond donors (Lipinski definition) is 1. The van der Waals surface area contributed by atoms with Crippen LogP contribution in [0, 0.1) is 0 Å². The molecule has 1 atom stereocenters. The topological polar surface area (TPSA) is 58.1 Å². The SMILES string of the molecule is CC(C)NC1CCCN(c2c(Cl)ccc3nsnc23)C1=O. The second-order valence-electron chi connectivity index (χ2n) is 5.53. The number of rotatable bonds is 3. The standard InChI is InChI=1S/C14H17ClN4OS/c1-8(2)16-11-4-3-7-19(14(11)20)13-9(15)5-6-10-12(13)18-21-17-10/h5-6,8,11,16H,3-4,7H2,1-2H3. The molecule has 1 aromatic heterocycles. The molecular formula is C14H17ClN4OS. The van der Waals surface area contributed by atoms with Gasteiger partial charge in [0.05, 0.1) is 28.5 Å². The molecule has 21 heavy (non-hydrogen) atoms. The van der Waals surface area contributed by atoms with Crippen molar-refractivity contribution in [1.82, 2.24) is 14.1 Å². The molecule has 0 spiro atoms. The van der Waals surface area contributed by atoms with Crippen molar-refractivity contribution >= 4 is 46.0 Å². The maximum atomic E-state index is 12.7. The Morgan fingerprint density at radius 2 is 2.24 bits per heavy atom. The molecule has 1 unspecified atom stereocenters. The van der Waals surface area contributed by atoms with E-state index in [1.807, 2.05) is 19.9 Å². The number of nitrogens with one attached hydrogen (secondary N) is 1. The zero-order valence-electron chi connectivity index (χ0n) is 12.0. The molecule has 1 aromatic carbocycles. The Morgan fingerprint density at radius 3 is 3.00 bits per heavy atom. The zero-order valence-corrected chi connectivity index (χ0v) is 13.5. The fourth-order valence-electron chi connectivity index (χ4n) is 2.72. The molecule has 1 aliphatic heterocycles. The molecule has 0 radical (unpaired) electrons. The lowest BCUT2D eigenvalue weighted by atomic mass is 10.0. The van der Waals surface area contributed by atoms with E-state index in [9.17, 15) is 4.79 Å². The Balaban J connectivity index is 1.99. The molecule has 0 saturated carbocycles. The van der Waals surface area contributed by atoms with Gasteiger partial charge in [-0.1, -0.05) is 25.4 Å². The summed E-state index contributed by atoms with van der Waals surface area (Å²) in [6.07, 6.45) is 1.80. The highest BCUT2D eigenvalue weighted by atomic mass is 35.5. The van der Waals surface area contributed by atoms with Crippen molar-refractivity contribution in [2.24, 2.45) is 0 Å². The maximum Gasteiger partial charge on any atom is 0.244 e. The summed E-state index contributed by atoms with van der Waals surface area (Å²) in [5.74, 6) is 0.0670. The van der Waals surface area contributed by atoms with Gasteiger partial charge in [0.25, 0.3) is 0 Å². The fourth-order valence-corrected chi connectivity index (χ4v) is 3.52. The maximum absolute atomic E-state index is 12.7. The van der Waals surface area contributed by atoms with Crippen molar-refractivity contribution in [3.05, 3.63) is 17.2 Å². The predicted molar refractivity (Wildman–Crippen MR) is 86.1 cm³/mol. The lowest BCUT2D eigenvalue weighted by Crippen LogP contribution is -2.52. The molecule has 5 nitrogen and oxygen atoms in total. The molecule has 1 saturated heterocycles. The van der Waals surface area contributed by atoms with Gasteiger partial charge in [-0.2, -0.15) is 8.75 Å². The molecule has 7 heteroatoms. The van der Waals surface area contributed by atoms with Crippen molar-refractivity contribution in [3.8, 4) is 0 Å². The number of carbonyl (C=O) groups excluding carboxylic acids is 1. The van der Waals surface area contributed by atoms with E-state index in [4.69, 9.17) is 11.6 Å². The van der Waals surface area contributed by atoms with Gasteiger partial charge >= 0.3 is 0 Å². The second-order valence-corrected chi connectivity index (χ2v) is 6.47. The Kier molecular flexibility index (Phi) is 4.10. The van der Waals surface area contributed by atoms with Gasteiger partial charge in [0.1, 0.15) is 11.0 Å². The number of anilines is 1. The number of amides is 1. The number of aromatic nitrogens is 2. The van der Waals surface area contributed by atoms with E-state index in [1.165, 1.54) is 0 Å². The van der Waals surface area contributed by atoms with Crippen LogP contribution in [0.15, 0.2) is 12.1 Å². The van der Waals surface area contributed by atoms with E-state index in [0.29, 0.717) is 22.8 Å². The fraction of sp³-hybridized carbons (Fsp3) is 0.500. The third kappa shape index (κ3) is 2.75. The average Bonchev–Trinajstić information content (AvgIpc) is 2.90. The lowest BCUT2D eigenvalue weighted by Gasteiger charge is -2.34. The van der Waals surface area contributed by atoms with E-state index >= 15 is 0 Å². The van der Waals surface area contributed by atoms with Crippen LogP contribution in [-0.4, -0.2) is 33.3 Å². The van der Waals surface area contributed by atoms with Crippen LogP contribution in [0.5, 0.6) is 0 Å². The Hall–Kier alpha value is -1.24. The number of piperidine rings is 1. The molecule has 1 amide bonds. The number of hydrogen-bond acceptors (Lipinski definition) is 5. The minimum absolute atomic E-state index is 0.0670. The monoisotopic (exact) mass is 324 g/mol. The van der Waals surface area contributed by atoms with Gasteiger partial charge in [-0.25, -0.2) is 0 Å². The number of nitrogens with zero attached hydrogens (tertiary/aromatic N) is 3. The normalized spacial score (nSPS) is 19.7. The van der Waals surface area contributed by atoms with Crippen LogP contribution in [0.4, 0.5) is 5.69 Å². The quantitative estimate of drug-likeness (QED) is 0.943. The van der Waals surface area contributed by atoms with Gasteiger partial charge in [-0.3, -0.25) is 4.79 Å². The van der Waals surface area contributed by atoms with Gasteiger partial charge in [0, 0.05) is 12.6 Å². The smallest absolute Gasteiger partial charge is 0.244 e. The van der Waals surface area contributed by atoms with Gasteiger partial charge in [0.15, 0.2) is 0 Å². The van der Waals surface area contributed by atoms with Crippen LogP contribution in [0.25, 0.3) is 11.0 Å². The van der Waals surface area contributed by atoms with E-state index in [0.717, 1.165) is 30.1 Å². The first-order chi connectivity index (χ1) is 10.1. The van der Waals surface area contributed by atoms with Crippen LogP contribution in [0.2, 0.25) is 5.02 Å². The zero-order chi connectivity index (χ0) is 15.0. The average molecular weight is 325 g/mol. The summed E-state index contributed by atoms with van der Waals surface area (Å²) in [7, 11) is 0. The van der Waals surface area contributed by atoms with Crippen LogP contribution >= 0.6 is 23.3 Å². The molecule has 0 bridgehead atoms. The highest BCUT2D eigenvalue weighted by Gasteiger charge is 2.32. The Labute approximate surface area is 132 Å². The largest absolute Gasteiger partial charge is 0.308 e. The lowest BCUT2D eigenvalue weighted by molar-refractivity contribution is -0.121. The number of halogens is 1. The van der Waals surface area contributed by atoms with E-state index < -0.39 is 0 Å². The summed E-state index contributed by atoms with van der Waals surface area (Å²) < 4.78 is 8.53. The highest BCUT2D eigenvalue weighted by molar-refractivity contribution is 7.00. The number of carbonyl (C=O) groups is 1. The Morgan fingerprint density at radius 1 is 1.43 bits per heavy atom. The van der Waals surface area contributed by atoms with Crippen LogP contribution in [0.1, 0.15) is 26.7 Å². The second kappa shape index (κ2) is 5.87. The molecule has 1 N–H and O–H groups in total. The summed E-state index contributed by atoms with van der Waals surface area (Å²) in [4.78, 5) is 14.5. The minimum atomic E-state index is -0.156. The molecule has 0 aliphatic carbocycles. The van der Waals surface area contributed by atoms with Crippen molar-refractivity contribution in [2.75, 3.05) is 11.4 Å². The highest BCUT2D eigenvalue weighted by Crippen LogP contribution is 2.35. The molecule has 1 fully saturated rings. The molecule has 1 aliphatic rings. The summed E-state index contributed by atoms with van der Waals surface area (Å²) in [5.41, 5.74) is 2.19. The van der Waals surface area contributed by atoms with Crippen LogP contribution < -0.4 is 10.2 Å². The van der Waals surface area contributed by atoms with Gasteiger partial charge < -0.3 is 10.2 Å². The summed E-state index contributed by atoms with van der Waals surface area (Å²) >= 11 is 7.47. The summed E-state index contributed by atoms with van der Waals surface area (Å²) in [6.45, 7) is 4.76. The van der Waals surface area contributed by atoms with E-state index in [2.05, 4.69) is 14.1 Å². The third-order valence-electron chi connectivity index (χ3n) is 3.60. The van der Waals surface area contributed by atoms with Crippen molar-refractivity contribution in [3.63, 3.8) is 0 Å². The molecule has 2 heterocycles.